The van der Waals surface area contributed by atoms with Crippen LogP contribution in [-0.4, -0.2) is 33.8 Å². The third-order valence-electron chi connectivity index (χ3n) is 5.17. The Bertz CT molecular complexity index is 834. The fourth-order valence-electron chi connectivity index (χ4n) is 4.52. The van der Waals surface area contributed by atoms with Crippen LogP contribution >= 0.6 is 0 Å². The molecule has 26 heavy (non-hydrogen) atoms. The third-order valence-corrected chi connectivity index (χ3v) is 5.17. The van der Waals surface area contributed by atoms with E-state index in [4.69, 9.17) is 5.73 Å². The molecule has 3 rings (SSSR count). The molecule has 0 spiro atoms. The summed E-state index contributed by atoms with van der Waals surface area (Å²) < 4.78 is 0. The van der Waals surface area contributed by atoms with E-state index in [0.717, 1.165) is 10.8 Å². The molecular formula is C21H27N3O2. The lowest BCUT2D eigenvalue weighted by atomic mass is 9.77. The Morgan fingerprint density at radius 3 is 2.23 bits per heavy atom. The Hall–Kier alpha value is -2.40. The highest BCUT2D eigenvalue weighted by Gasteiger charge is 2.48. The second-order valence-corrected chi connectivity index (χ2v) is 8.41. The number of anilines is 1. The van der Waals surface area contributed by atoms with E-state index < -0.39 is 22.9 Å². The van der Waals surface area contributed by atoms with Gasteiger partial charge in [0.15, 0.2) is 0 Å². The minimum atomic E-state index is -0.613. The van der Waals surface area contributed by atoms with Crippen LogP contribution in [0.2, 0.25) is 0 Å². The summed E-state index contributed by atoms with van der Waals surface area (Å²) in [5.74, 6) is -1.13. The van der Waals surface area contributed by atoms with E-state index in [1.54, 1.807) is 4.90 Å². The van der Waals surface area contributed by atoms with Crippen LogP contribution in [0.25, 0.3) is 10.8 Å². The van der Waals surface area contributed by atoms with Gasteiger partial charge in [0.25, 0.3) is 0 Å². The fraction of sp³-hybridized carbons (Fsp3) is 0.429. The van der Waals surface area contributed by atoms with Crippen molar-refractivity contribution < 1.29 is 9.59 Å². The van der Waals surface area contributed by atoms with E-state index >= 15 is 0 Å². The van der Waals surface area contributed by atoms with Crippen molar-refractivity contribution in [1.29, 1.82) is 0 Å². The molecule has 2 aromatic rings. The molecular weight excluding hydrogens is 326 g/mol. The largest absolute Gasteiger partial charge is 0.328 e. The molecule has 0 atom stereocenters. The maximum Gasteiger partial charge on any atom is 0.313 e. The van der Waals surface area contributed by atoms with Crippen LogP contribution in [-0.2, 0) is 9.59 Å². The highest BCUT2D eigenvalue weighted by atomic mass is 16.2. The average Bonchev–Trinajstić information content (AvgIpc) is 2.52. The van der Waals surface area contributed by atoms with Crippen molar-refractivity contribution in [3.05, 3.63) is 42.5 Å². The molecule has 0 aliphatic carbocycles. The van der Waals surface area contributed by atoms with Crippen LogP contribution in [0.15, 0.2) is 42.5 Å². The van der Waals surface area contributed by atoms with Crippen LogP contribution in [0.4, 0.5) is 5.69 Å². The second-order valence-electron chi connectivity index (χ2n) is 8.41. The lowest BCUT2D eigenvalue weighted by molar-refractivity contribution is -0.156. The average molecular weight is 353 g/mol. The first-order valence-corrected chi connectivity index (χ1v) is 9.01. The van der Waals surface area contributed by atoms with Crippen molar-refractivity contribution in [1.82, 2.24) is 4.90 Å². The number of hydrogen-bond acceptors (Lipinski definition) is 3. The second kappa shape index (κ2) is 6.40. The highest BCUT2D eigenvalue weighted by molar-refractivity contribution is 6.40. The SMILES string of the molecule is CC1(C)CC(N)CC(C)(C)N1C(=O)C(=O)Nc1cccc2ccccc12. The number of rotatable bonds is 1. The van der Waals surface area contributed by atoms with E-state index in [0.29, 0.717) is 18.5 Å². The summed E-state index contributed by atoms with van der Waals surface area (Å²) in [5.41, 5.74) is 5.86. The fourth-order valence-corrected chi connectivity index (χ4v) is 4.52. The van der Waals surface area contributed by atoms with Gasteiger partial charge < -0.3 is 16.0 Å². The molecule has 3 N–H and O–H groups in total. The van der Waals surface area contributed by atoms with Crippen molar-refractivity contribution in [2.75, 3.05) is 5.32 Å². The minimum absolute atomic E-state index is 0.0187. The molecule has 0 radical (unpaired) electrons. The van der Waals surface area contributed by atoms with Crippen molar-refractivity contribution in [2.24, 2.45) is 5.73 Å². The molecule has 5 heteroatoms. The first kappa shape index (κ1) is 18.4. The first-order chi connectivity index (χ1) is 12.1. The minimum Gasteiger partial charge on any atom is -0.328 e. The maximum atomic E-state index is 13.0. The van der Waals surface area contributed by atoms with Gasteiger partial charge in [-0.25, -0.2) is 0 Å². The number of nitrogens with two attached hydrogens (primary N) is 1. The summed E-state index contributed by atoms with van der Waals surface area (Å²) in [6, 6.07) is 13.5. The van der Waals surface area contributed by atoms with Crippen molar-refractivity contribution in [2.45, 2.75) is 57.7 Å². The number of nitrogens with zero attached hydrogens (tertiary/aromatic N) is 1. The first-order valence-electron chi connectivity index (χ1n) is 9.01. The van der Waals surface area contributed by atoms with Gasteiger partial charge in [0.2, 0.25) is 0 Å². The quantitative estimate of drug-likeness (QED) is 0.773. The molecule has 138 valence electrons. The van der Waals surface area contributed by atoms with Crippen LogP contribution in [0, 0.1) is 0 Å². The molecule has 1 fully saturated rings. The Kier molecular flexibility index (Phi) is 4.53. The van der Waals surface area contributed by atoms with Gasteiger partial charge in [-0.1, -0.05) is 36.4 Å². The predicted molar refractivity (Wildman–Crippen MR) is 105 cm³/mol. The molecule has 2 amide bonds. The molecule has 1 aliphatic rings. The molecule has 0 aromatic heterocycles. The summed E-state index contributed by atoms with van der Waals surface area (Å²) in [6.07, 6.45) is 1.34. The standard InChI is InChI=1S/C21H27N3O2/c1-20(2)12-15(22)13-21(3,4)24(20)19(26)18(25)23-17-11-7-9-14-8-5-6-10-16(14)17/h5-11,15H,12-13,22H2,1-4H3,(H,23,25). The number of hydrogen-bond donors (Lipinski definition) is 2. The smallest absolute Gasteiger partial charge is 0.313 e. The number of benzene rings is 2. The zero-order valence-corrected chi connectivity index (χ0v) is 15.9. The Morgan fingerprint density at radius 2 is 1.58 bits per heavy atom. The van der Waals surface area contributed by atoms with Gasteiger partial charge in [-0.3, -0.25) is 9.59 Å². The molecule has 1 saturated heterocycles. The van der Waals surface area contributed by atoms with Crippen molar-refractivity contribution in [3.63, 3.8) is 0 Å². The highest BCUT2D eigenvalue weighted by Crippen LogP contribution is 2.38. The normalized spacial score (nSPS) is 19.3. The molecule has 1 aliphatic heterocycles. The molecule has 1 heterocycles. The van der Waals surface area contributed by atoms with E-state index in [2.05, 4.69) is 5.32 Å². The molecule has 2 aromatic carbocycles. The Morgan fingerprint density at radius 1 is 1.00 bits per heavy atom. The van der Waals surface area contributed by atoms with Crippen LogP contribution in [0.3, 0.4) is 0 Å². The zero-order valence-electron chi connectivity index (χ0n) is 15.9. The van der Waals surface area contributed by atoms with Gasteiger partial charge in [-0.05, 0) is 52.0 Å². The van der Waals surface area contributed by atoms with E-state index in [9.17, 15) is 9.59 Å². The van der Waals surface area contributed by atoms with Gasteiger partial charge >= 0.3 is 11.8 Å². The number of nitrogens with one attached hydrogen (secondary N) is 1. The topological polar surface area (TPSA) is 75.4 Å². The van der Waals surface area contributed by atoms with Gasteiger partial charge in [0.05, 0.1) is 0 Å². The number of carbonyl (C=O) groups excluding carboxylic acids is 2. The van der Waals surface area contributed by atoms with E-state index in [1.807, 2.05) is 70.2 Å². The number of likely N-dealkylation sites (tertiary alicyclic amines) is 1. The summed E-state index contributed by atoms with van der Waals surface area (Å²) in [7, 11) is 0. The molecule has 0 saturated carbocycles. The van der Waals surface area contributed by atoms with E-state index in [-0.39, 0.29) is 6.04 Å². The lowest BCUT2D eigenvalue weighted by Gasteiger charge is -2.54. The van der Waals surface area contributed by atoms with Gasteiger partial charge in [-0.15, -0.1) is 0 Å². The van der Waals surface area contributed by atoms with E-state index in [1.165, 1.54) is 0 Å². The Balaban J connectivity index is 1.88. The van der Waals surface area contributed by atoms with Gasteiger partial charge in [-0.2, -0.15) is 0 Å². The van der Waals surface area contributed by atoms with Crippen LogP contribution in [0.5, 0.6) is 0 Å². The number of carbonyl (C=O) groups is 2. The summed E-state index contributed by atoms with van der Waals surface area (Å²) in [4.78, 5) is 27.5. The summed E-state index contributed by atoms with van der Waals surface area (Å²) >= 11 is 0. The number of fused-ring (bicyclic) bond motifs is 1. The van der Waals surface area contributed by atoms with Crippen molar-refractivity contribution >= 4 is 28.3 Å². The third kappa shape index (κ3) is 3.31. The number of piperidine rings is 1. The monoisotopic (exact) mass is 353 g/mol. The van der Waals surface area contributed by atoms with Crippen LogP contribution < -0.4 is 11.1 Å². The van der Waals surface area contributed by atoms with Gasteiger partial charge in [0, 0.05) is 28.2 Å². The Labute approximate surface area is 154 Å². The van der Waals surface area contributed by atoms with Crippen molar-refractivity contribution in [3.8, 4) is 0 Å². The zero-order chi connectivity index (χ0) is 19.1. The lowest BCUT2D eigenvalue weighted by Crippen LogP contribution is -2.66. The number of amides is 2. The molecule has 0 unspecified atom stereocenters. The molecule has 5 nitrogen and oxygen atoms in total. The molecule has 0 bridgehead atoms. The summed E-state index contributed by atoms with van der Waals surface area (Å²) in [5, 5.41) is 4.74. The predicted octanol–water partition coefficient (Wildman–Crippen LogP) is 3.29. The summed E-state index contributed by atoms with van der Waals surface area (Å²) in [6.45, 7) is 7.88. The van der Waals surface area contributed by atoms with Crippen LogP contribution in [0.1, 0.15) is 40.5 Å². The maximum absolute atomic E-state index is 13.0. The van der Waals surface area contributed by atoms with Gasteiger partial charge in [0.1, 0.15) is 0 Å².